The molecule has 6 nitrogen and oxygen atoms in total. The second-order valence-electron chi connectivity index (χ2n) is 6.49. The molecule has 0 aliphatic carbocycles. The number of benzene rings is 2. The van der Waals surface area contributed by atoms with Gasteiger partial charge in [-0.3, -0.25) is 10.1 Å². The Morgan fingerprint density at radius 2 is 1.93 bits per heavy atom. The van der Waals surface area contributed by atoms with Crippen molar-refractivity contribution in [3.8, 4) is 17.0 Å². The molecule has 0 fully saturated rings. The predicted molar refractivity (Wildman–Crippen MR) is 111 cm³/mol. The molecule has 2 aromatic carbocycles. The number of rotatable bonds is 7. The summed E-state index contributed by atoms with van der Waals surface area (Å²) in [4.78, 5) is 17.1. The summed E-state index contributed by atoms with van der Waals surface area (Å²) >= 11 is 1.39. The Hall–Kier alpha value is -3.26. The zero-order chi connectivity index (χ0) is 20.2. The number of ether oxygens (including phenoxy) is 1. The molecule has 0 unspecified atom stereocenters. The number of hydrogen-bond donors (Lipinski definition) is 1. The fraction of sp³-hybridized carbons (Fsp3) is 0.190. The number of anilines is 1. The Morgan fingerprint density at radius 1 is 1.17 bits per heavy atom. The third kappa shape index (κ3) is 4.43. The molecule has 4 rings (SSSR count). The normalized spacial score (nSPS) is 11.0. The second-order valence-corrected chi connectivity index (χ2v) is 7.32. The van der Waals surface area contributed by atoms with E-state index in [0.717, 1.165) is 24.1 Å². The minimum absolute atomic E-state index is 0.134. The number of aromatic nitrogens is 3. The van der Waals surface area contributed by atoms with Gasteiger partial charge in [0, 0.05) is 10.9 Å². The molecule has 8 heteroatoms. The fourth-order valence-electron chi connectivity index (χ4n) is 2.90. The molecule has 0 atom stereocenters. The number of nitrogens with one attached hydrogen (secondary N) is 1. The molecule has 0 aliphatic heterocycles. The Balaban J connectivity index is 1.40. The quantitative estimate of drug-likeness (QED) is 0.485. The summed E-state index contributed by atoms with van der Waals surface area (Å²) in [5.74, 6) is 0.195. The van der Waals surface area contributed by atoms with E-state index in [-0.39, 0.29) is 24.3 Å². The third-order valence-electron chi connectivity index (χ3n) is 4.30. The lowest BCUT2D eigenvalue weighted by molar-refractivity contribution is -0.118. The van der Waals surface area contributed by atoms with E-state index in [0.29, 0.717) is 10.7 Å². The largest absolute Gasteiger partial charge is 0.484 e. The van der Waals surface area contributed by atoms with Crippen LogP contribution in [0.25, 0.3) is 16.2 Å². The van der Waals surface area contributed by atoms with Gasteiger partial charge in [-0.15, -0.1) is 16.4 Å². The highest BCUT2D eigenvalue weighted by Gasteiger charge is 2.14. The highest BCUT2D eigenvalue weighted by atomic mass is 32.1. The van der Waals surface area contributed by atoms with Gasteiger partial charge in [0.05, 0.1) is 5.69 Å². The summed E-state index contributed by atoms with van der Waals surface area (Å²) in [6, 6.07) is 13.9. The Bertz CT molecular complexity index is 1120. The number of nitrogens with zero attached hydrogens (tertiary/aromatic N) is 3. The van der Waals surface area contributed by atoms with Crippen LogP contribution >= 0.6 is 11.3 Å². The Labute approximate surface area is 171 Å². The molecule has 29 heavy (non-hydrogen) atoms. The van der Waals surface area contributed by atoms with Crippen molar-refractivity contribution in [2.45, 2.75) is 19.8 Å². The summed E-state index contributed by atoms with van der Waals surface area (Å²) in [5.41, 5.74) is 2.83. The first-order valence-electron chi connectivity index (χ1n) is 9.24. The van der Waals surface area contributed by atoms with Crippen molar-refractivity contribution in [2.24, 2.45) is 0 Å². The van der Waals surface area contributed by atoms with Gasteiger partial charge in [-0.2, -0.15) is 4.98 Å². The average molecular weight is 410 g/mol. The topological polar surface area (TPSA) is 68.5 Å². The number of aryl methyl sites for hydroxylation is 1. The van der Waals surface area contributed by atoms with Crippen LogP contribution in [0.4, 0.5) is 10.3 Å². The molecule has 148 valence electrons. The zero-order valence-corrected chi connectivity index (χ0v) is 16.6. The van der Waals surface area contributed by atoms with Crippen LogP contribution in [0.2, 0.25) is 0 Å². The van der Waals surface area contributed by atoms with Gasteiger partial charge in [0.15, 0.2) is 6.61 Å². The van der Waals surface area contributed by atoms with Gasteiger partial charge in [0.2, 0.25) is 4.96 Å². The van der Waals surface area contributed by atoms with Crippen LogP contribution in [0.1, 0.15) is 18.9 Å². The standard InChI is InChI=1S/C21H19FN4O2S/c1-2-3-14-4-10-17(11-5-14)28-12-19(27)23-20-24-21-26(25-20)18(13-29-21)15-6-8-16(22)9-7-15/h4-11,13H,2-3,12H2,1H3,(H,23,25,27). The first-order valence-corrected chi connectivity index (χ1v) is 10.1. The van der Waals surface area contributed by atoms with E-state index in [1.54, 1.807) is 16.6 Å². The lowest BCUT2D eigenvalue weighted by Crippen LogP contribution is -2.21. The number of carbonyl (C=O) groups excluding carboxylic acids is 1. The lowest BCUT2D eigenvalue weighted by atomic mass is 10.1. The van der Waals surface area contributed by atoms with Crippen LogP contribution in [-0.2, 0) is 11.2 Å². The first-order chi connectivity index (χ1) is 14.1. The van der Waals surface area contributed by atoms with Gasteiger partial charge >= 0.3 is 0 Å². The van der Waals surface area contributed by atoms with E-state index < -0.39 is 0 Å². The van der Waals surface area contributed by atoms with Crippen molar-refractivity contribution in [1.29, 1.82) is 0 Å². The van der Waals surface area contributed by atoms with E-state index in [1.807, 2.05) is 29.6 Å². The number of thiazole rings is 1. The molecule has 0 radical (unpaired) electrons. The smallest absolute Gasteiger partial charge is 0.264 e. The molecule has 0 saturated heterocycles. The Kier molecular flexibility index (Phi) is 5.53. The monoisotopic (exact) mass is 410 g/mol. The maximum absolute atomic E-state index is 13.1. The van der Waals surface area contributed by atoms with Crippen LogP contribution in [0, 0.1) is 5.82 Å². The van der Waals surface area contributed by atoms with Gasteiger partial charge in [0.25, 0.3) is 11.9 Å². The minimum Gasteiger partial charge on any atom is -0.484 e. The fourth-order valence-corrected chi connectivity index (χ4v) is 3.74. The number of hydrogen-bond acceptors (Lipinski definition) is 5. The van der Waals surface area contributed by atoms with Gasteiger partial charge in [-0.1, -0.05) is 25.5 Å². The summed E-state index contributed by atoms with van der Waals surface area (Å²) in [7, 11) is 0. The zero-order valence-electron chi connectivity index (χ0n) is 15.8. The molecule has 2 aromatic heterocycles. The summed E-state index contributed by atoms with van der Waals surface area (Å²) < 4.78 is 20.3. The van der Waals surface area contributed by atoms with Gasteiger partial charge < -0.3 is 4.74 Å². The van der Waals surface area contributed by atoms with Gasteiger partial charge in [-0.25, -0.2) is 8.91 Å². The number of carbonyl (C=O) groups is 1. The van der Waals surface area contributed by atoms with Crippen LogP contribution in [0.3, 0.4) is 0 Å². The van der Waals surface area contributed by atoms with Crippen LogP contribution in [-0.4, -0.2) is 27.1 Å². The van der Waals surface area contributed by atoms with E-state index >= 15 is 0 Å². The SMILES string of the molecule is CCCc1ccc(OCC(=O)Nc2nc3scc(-c4ccc(F)cc4)n3n2)cc1. The van der Waals surface area contributed by atoms with Crippen molar-refractivity contribution in [3.05, 3.63) is 65.3 Å². The van der Waals surface area contributed by atoms with Crippen LogP contribution < -0.4 is 10.1 Å². The highest BCUT2D eigenvalue weighted by Crippen LogP contribution is 2.26. The van der Waals surface area contributed by atoms with E-state index in [2.05, 4.69) is 22.3 Å². The molecule has 0 bridgehead atoms. The molecule has 0 spiro atoms. The predicted octanol–water partition coefficient (Wildman–Crippen LogP) is 4.57. The van der Waals surface area contributed by atoms with Crippen molar-refractivity contribution in [2.75, 3.05) is 11.9 Å². The molecule has 4 aromatic rings. The maximum atomic E-state index is 13.1. The molecule has 1 N–H and O–H groups in total. The average Bonchev–Trinajstić information content (AvgIpc) is 3.29. The summed E-state index contributed by atoms with van der Waals surface area (Å²) in [6.07, 6.45) is 2.10. The van der Waals surface area contributed by atoms with E-state index in [9.17, 15) is 9.18 Å². The number of halogens is 1. The lowest BCUT2D eigenvalue weighted by Gasteiger charge is -2.06. The maximum Gasteiger partial charge on any atom is 0.264 e. The first kappa shape index (κ1) is 19.1. The summed E-state index contributed by atoms with van der Waals surface area (Å²) in [5, 5.41) is 8.87. The van der Waals surface area contributed by atoms with Gasteiger partial charge in [-0.05, 0) is 48.4 Å². The number of fused-ring (bicyclic) bond motifs is 1. The molecule has 0 aliphatic rings. The third-order valence-corrected chi connectivity index (χ3v) is 5.12. The molecular formula is C21H19FN4O2S. The molecule has 0 saturated carbocycles. The van der Waals surface area contributed by atoms with E-state index in [1.165, 1.54) is 29.0 Å². The minimum atomic E-state index is -0.343. The van der Waals surface area contributed by atoms with Crippen molar-refractivity contribution >= 4 is 28.2 Å². The molecule has 2 heterocycles. The van der Waals surface area contributed by atoms with Crippen molar-refractivity contribution in [3.63, 3.8) is 0 Å². The highest BCUT2D eigenvalue weighted by molar-refractivity contribution is 7.15. The van der Waals surface area contributed by atoms with E-state index in [4.69, 9.17) is 4.74 Å². The molecule has 1 amide bonds. The molecular weight excluding hydrogens is 391 g/mol. The summed E-state index contributed by atoms with van der Waals surface area (Å²) in [6.45, 7) is 2.00. The Morgan fingerprint density at radius 3 is 2.66 bits per heavy atom. The number of amides is 1. The van der Waals surface area contributed by atoms with Crippen LogP contribution in [0.5, 0.6) is 5.75 Å². The van der Waals surface area contributed by atoms with Crippen molar-refractivity contribution in [1.82, 2.24) is 14.6 Å². The van der Waals surface area contributed by atoms with Crippen LogP contribution in [0.15, 0.2) is 53.9 Å². The second kappa shape index (κ2) is 8.40. The van der Waals surface area contributed by atoms with Gasteiger partial charge in [0.1, 0.15) is 11.6 Å². The van der Waals surface area contributed by atoms with Crippen molar-refractivity contribution < 1.29 is 13.9 Å².